The average molecular weight is 310 g/mol. The molecule has 0 amide bonds. The summed E-state index contributed by atoms with van der Waals surface area (Å²) in [4.78, 5) is 24.5. The van der Waals surface area contributed by atoms with Crippen LogP contribution in [0, 0.1) is 23.2 Å². The van der Waals surface area contributed by atoms with E-state index in [0.29, 0.717) is 11.8 Å². The monoisotopic (exact) mass is 310 g/mol. The molecular weight excluding hydrogens is 280 g/mol. The van der Waals surface area contributed by atoms with Gasteiger partial charge in [0.15, 0.2) is 0 Å². The van der Waals surface area contributed by atoms with Crippen LogP contribution >= 0.6 is 0 Å². The van der Waals surface area contributed by atoms with E-state index in [1.807, 2.05) is 41.5 Å². The number of hydrogen-bond acceptors (Lipinski definition) is 4. The molecule has 126 valence electrons. The molecule has 2 rings (SSSR count). The third-order valence-corrected chi connectivity index (χ3v) is 5.20. The van der Waals surface area contributed by atoms with Gasteiger partial charge in [-0.3, -0.25) is 9.59 Å². The molecule has 2 aliphatic carbocycles. The first-order valence-corrected chi connectivity index (χ1v) is 8.47. The minimum absolute atomic E-state index is 0.0120. The minimum Gasteiger partial charge on any atom is -0.462 e. The average Bonchev–Trinajstić information content (AvgIpc) is 2.96. The number of fused-ring (bicyclic) bond motifs is 2. The standard InChI is InChI=1S/C18H30O4/c1-7-18(5,6)16(20)21-14-10-11-8-12(14)9-13(11)15(19)22-17(2,3)4/h11-14H,7-10H2,1-6H3. The summed E-state index contributed by atoms with van der Waals surface area (Å²) < 4.78 is 11.3. The zero-order valence-electron chi connectivity index (χ0n) is 14.8. The van der Waals surface area contributed by atoms with Crippen molar-refractivity contribution in [2.24, 2.45) is 23.2 Å². The number of rotatable bonds is 4. The summed E-state index contributed by atoms with van der Waals surface area (Å²) in [5.41, 5.74) is -0.859. The van der Waals surface area contributed by atoms with E-state index in [2.05, 4.69) is 0 Å². The number of esters is 2. The molecule has 0 radical (unpaired) electrons. The summed E-state index contributed by atoms with van der Waals surface area (Å²) in [6.07, 6.45) is 3.34. The third-order valence-electron chi connectivity index (χ3n) is 5.20. The molecule has 0 N–H and O–H groups in total. The summed E-state index contributed by atoms with van der Waals surface area (Å²) in [6, 6.07) is 0. The van der Waals surface area contributed by atoms with E-state index in [4.69, 9.17) is 9.47 Å². The van der Waals surface area contributed by atoms with Crippen molar-refractivity contribution in [1.82, 2.24) is 0 Å². The summed E-state index contributed by atoms with van der Waals surface area (Å²) in [7, 11) is 0. The van der Waals surface area contributed by atoms with Gasteiger partial charge in [0.2, 0.25) is 0 Å². The molecule has 2 bridgehead atoms. The lowest BCUT2D eigenvalue weighted by Gasteiger charge is -2.31. The minimum atomic E-state index is -0.435. The molecule has 4 heteroatoms. The maximum absolute atomic E-state index is 12.3. The molecule has 0 aromatic heterocycles. The van der Waals surface area contributed by atoms with Crippen molar-refractivity contribution in [2.45, 2.75) is 78.9 Å². The van der Waals surface area contributed by atoms with Gasteiger partial charge in [0.05, 0.1) is 11.3 Å². The zero-order chi connectivity index (χ0) is 16.7. The quantitative estimate of drug-likeness (QED) is 0.743. The molecule has 0 saturated heterocycles. The number of carbonyl (C=O) groups excluding carboxylic acids is 2. The van der Waals surface area contributed by atoms with Gasteiger partial charge in [-0.1, -0.05) is 6.92 Å². The normalized spacial score (nSPS) is 31.2. The molecular formula is C18H30O4. The van der Waals surface area contributed by atoms with Gasteiger partial charge in [0.1, 0.15) is 11.7 Å². The molecule has 4 unspecified atom stereocenters. The molecule has 0 spiro atoms. The van der Waals surface area contributed by atoms with Crippen molar-refractivity contribution < 1.29 is 19.1 Å². The number of carbonyl (C=O) groups is 2. The van der Waals surface area contributed by atoms with Crippen molar-refractivity contribution in [3.05, 3.63) is 0 Å². The molecule has 2 aliphatic rings. The van der Waals surface area contributed by atoms with Gasteiger partial charge >= 0.3 is 11.9 Å². The fraction of sp³-hybridized carbons (Fsp3) is 0.889. The SMILES string of the molecule is CCC(C)(C)C(=O)OC1CC2CC1CC2C(=O)OC(C)(C)C. The Morgan fingerprint density at radius 3 is 2.09 bits per heavy atom. The molecule has 2 saturated carbocycles. The van der Waals surface area contributed by atoms with E-state index in [9.17, 15) is 9.59 Å². The Balaban J connectivity index is 1.90. The van der Waals surface area contributed by atoms with E-state index in [1.165, 1.54) is 0 Å². The lowest BCUT2D eigenvalue weighted by atomic mass is 9.86. The lowest BCUT2D eigenvalue weighted by Crippen LogP contribution is -2.36. The van der Waals surface area contributed by atoms with Gasteiger partial charge in [-0.2, -0.15) is 0 Å². The number of hydrogen-bond donors (Lipinski definition) is 0. The van der Waals surface area contributed by atoms with Crippen LogP contribution in [0.25, 0.3) is 0 Å². The highest BCUT2D eigenvalue weighted by molar-refractivity contribution is 5.76. The highest BCUT2D eigenvalue weighted by Crippen LogP contribution is 2.50. The first kappa shape index (κ1) is 17.3. The van der Waals surface area contributed by atoms with Crippen LogP contribution in [0.4, 0.5) is 0 Å². The van der Waals surface area contributed by atoms with Crippen molar-refractivity contribution in [2.75, 3.05) is 0 Å². The van der Waals surface area contributed by atoms with Crippen molar-refractivity contribution >= 4 is 11.9 Å². The fourth-order valence-corrected chi connectivity index (χ4v) is 3.47. The van der Waals surface area contributed by atoms with Crippen LogP contribution < -0.4 is 0 Å². The van der Waals surface area contributed by atoms with Gasteiger partial charge in [-0.05, 0) is 72.1 Å². The fourth-order valence-electron chi connectivity index (χ4n) is 3.47. The highest BCUT2D eigenvalue weighted by Gasteiger charge is 2.51. The Morgan fingerprint density at radius 1 is 1.00 bits per heavy atom. The predicted octanol–water partition coefficient (Wildman–Crippen LogP) is 3.72. The van der Waals surface area contributed by atoms with Gasteiger partial charge < -0.3 is 9.47 Å². The first-order chi connectivity index (χ1) is 10.0. The Hall–Kier alpha value is -1.06. The van der Waals surface area contributed by atoms with Gasteiger partial charge in [-0.25, -0.2) is 0 Å². The van der Waals surface area contributed by atoms with E-state index in [0.717, 1.165) is 25.7 Å². The van der Waals surface area contributed by atoms with E-state index in [-0.39, 0.29) is 24.0 Å². The zero-order valence-corrected chi connectivity index (χ0v) is 14.8. The van der Waals surface area contributed by atoms with Crippen molar-refractivity contribution in [3.63, 3.8) is 0 Å². The van der Waals surface area contributed by atoms with Crippen molar-refractivity contribution in [1.29, 1.82) is 0 Å². The maximum atomic E-state index is 12.3. The van der Waals surface area contributed by atoms with E-state index in [1.54, 1.807) is 0 Å². The summed E-state index contributed by atoms with van der Waals surface area (Å²) in [5.74, 6) is 0.417. The van der Waals surface area contributed by atoms with E-state index < -0.39 is 11.0 Å². The second-order valence-electron chi connectivity index (χ2n) is 8.55. The molecule has 0 heterocycles. The molecule has 0 aliphatic heterocycles. The molecule has 0 aromatic rings. The molecule has 4 nitrogen and oxygen atoms in total. The van der Waals surface area contributed by atoms with Gasteiger partial charge in [0.25, 0.3) is 0 Å². The Labute approximate surface area is 133 Å². The second-order valence-corrected chi connectivity index (χ2v) is 8.55. The Morgan fingerprint density at radius 2 is 1.64 bits per heavy atom. The van der Waals surface area contributed by atoms with Crippen LogP contribution in [0.5, 0.6) is 0 Å². The van der Waals surface area contributed by atoms with Gasteiger partial charge in [0, 0.05) is 0 Å². The predicted molar refractivity (Wildman–Crippen MR) is 84.1 cm³/mol. The molecule has 4 atom stereocenters. The number of ether oxygens (including phenoxy) is 2. The second kappa shape index (κ2) is 5.86. The third kappa shape index (κ3) is 3.64. The van der Waals surface area contributed by atoms with Crippen molar-refractivity contribution in [3.8, 4) is 0 Å². The van der Waals surface area contributed by atoms with Crippen LogP contribution in [-0.4, -0.2) is 23.6 Å². The molecule has 0 aromatic carbocycles. The largest absolute Gasteiger partial charge is 0.462 e. The molecule has 22 heavy (non-hydrogen) atoms. The topological polar surface area (TPSA) is 52.6 Å². The van der Waals surface area contributed by atoms with Crippen LogP contribution in [0.15, 0.2) is 0 Å². The first-order valence-electron chi connectivity index (χ1n) is 8.47. The summed E-state index contributed by atoms with van der Waals surface area (Å²) >= 11 is 0. The van der Waals surface area contributed by atoms with Crippen LogP contribution in [0.2, 0.25) is 0 Å². The Bertz CT molecular complexity index is 446. The lowest BCUT2D eigenvalue weighted by molar-refractivity contribution is -0.166. The van der Waals surface area contributed by atoms with Crippen LogP contribution in [-0.2, 0) is 19.1 Å². The summed E-state index contributed by atoms with van der Waals surface area (Å²) in [5, 5.41) is 0. The highest BCUT2D eigenvalue weighted by atomic mass is 16.6. The smallest absolute Gasteiger partial charge is 0.311 e. The Kier molecular flexibility index (Phi) is 4.61. The van der Waals surface area contributed by atoms with E-state index >= 15 is 0 Å². The van der Waals surface area contributed by atoms with Gasteiger partial charge in [-0.15, -0.1) is 0 Å². The summed E-state index contributed by atoms with van der Waals surface area (Å²) in [6.45, 7) is 11.5. The van der Waals surface area contributed by atoms with Crippen LogP contribution in [0.1, 0.15) is 67.2 Å². The maximum Gasteiger partial charge on any atom is 0.311 e. The molecule has 2 fully saturated rings. The van der Waals surface area contributed by atoms with Crippen LogP contribution in [0.3, 0.4) is 0 Å².